The van der Waals surface area contributed by atoms with Crippen molar-refractivity contribution in [1.82, 2.24) is 10.2 Å². The van der Waals surface area contributed by atoms with Crippen LogP contribution in [0.4, 0.5) is 0 Å². The molecule has 0 bridgehead atoms. The zero-order valence-electron chi connectivity index (χ0n) is 11.5. The molecule has 0 atom stereocenters. The predicted octanol–water partition coefficient (Wildman–Crippen LogP) is 3.01. The van der Waals surface area contributed by atoms with Gasteiger partial charge in [0.05, 0.1) is 12.8 Å². The number of hydrogen-bond donors (Lipinski definition) is 1. The van der Waals surface area contributed by atoms with Crippen LogP contribution < -0.4 is 5.32 Å². The lowest BCUT2D eigenvalue weighted by Gasteiger charge is -2.19. The second-order valence-corrected chi connectivity index (χ2v) is 4.41. The monoisotopic (exact) mass is 238 g/mol. The Kier molecular flexibility index (Phi) is 6.97. The average Bonchev–Trinajstić information content (AvgIpc) is 2.76. The van der Waals surface area contributed by atoms with E-state index in [4.69, 9.17) is 4.42 Å². The highest BCUT2D eigenvalue weighted by atomic mass is 16.3. The Morgan fingerprint density at radius 2 is 2.06 bits per heavy atom. The zero-order chi connectivity index (χ0) is 12.5. The van der Waals surface area contributed by atoms with Gasteiger partial charge in [-0.05, 0) is 38.5 Å². The standard InChI is InChI=1S/C14H26N2O/c1-4-8-15-11-14-13(7-10-17-14)12-16(6-3)9-5-2/h7,10,15H,4-6,8-9,11-12H2,1-3H3. The van der Waals surface area contributed by atoms with Crippen molar-refractivity contribution in [3.05, 3.63) is 23.7 Å². The fourth-order valence-corrected chi connectivity index (χ4v) is 1.95. The Balaban J connectivity index is 2.49. The molecule has 0 aliphatic heterocycles. The van der Waals surface area contributed by atoms with Crippen LogP contribution in [0.1, 0.15) is 44.9 Å². The molecule has 0 spiro atoms. The highest BCUT2D eigenvalue weighted by Crippen LogP contribution is 2.13. The molecule has 0 aromatic carbocycles. The largest absolute Gasteiger partial charge is 0.468 e. The first-order chi connectivity index (χ1) is 8.31. The van der Waals surface area contributed by atoms with E-state index in [1.807, 2.05) is 0 Å². The van der Waals surface area contributed by atoms with Crippen LogP contribution in [-0.4, -0.2) is 24.5 Å². The summed E-state index contributed by atoms with van der Waals surface area (Å²) in [7, 11) is 0. The lowest BCUT2D eigenvalue weighted by atomic mass is 10.2. The van der Waals surface area contributed by atoms with E-state index < -0.39 is 0 Å². The third-order valence-electron chi connectivity index (χ3n) is 2.93. The number of rotatable bonds is 9. The van der Waals surface area contributed by atoms with E-state index in [9.17, 15) is 0 Å². The van der Waals surface area contributed by atoms with E-state index >= 15 is 0 Å². The number of furan rings is 1. The van der Waals surface area contributed by atoms with E-state index in [1.54, 1.807) is 6.26 Å². The van der Waals surface area contributed by atoms with Crippen LogP contribution in [-0.2, 0) is 13.1 Å². The maximum Gasteiger partial charge on any atom is 0.122 e. The average molecular weight is 238 g/mol. The van der Waals surface area contributed by atoms with Gasteiger partial charge in [-0.25, -0.2) is 0 Å². The smallest absolute Gasteiger partial charge is 0.122 e. The molecule has 0 aliphatic carbocycles. The topological polar surface area (TPSA) is 28.4 Å². The fraction of sp³-hybridized carbons (Fsp3) is 0.714. The van der Waals surface area contributed by atoms with Crippen molar-refractivity contribution >= 4 is 0 Å². The molecule has 0 amide bonds. The highest BCUT2D eigenvalue weighted by Gasteiger charge is 2.09. The molecular weight excluding hydrogens is 212 g/mol. The summed E-state index contributed by atoms with van der Waals surface area (Å²) in [6, 6.07) is 2.10. The predicted molar refractivity (Wildman–Crippen MR) is 71.9 cm³/mol. The molecule has 17 heavy (non-hydrogen) atoms. The number of nitrogens with zero attached hydrogens (tertiary/aromatic N) is 1. The molecule has 0 fully saturated rings. The lowest BCUT2D eigenvalue weighted by Crippen LogP contribution is -2.24. The summed E-state index contributed by atoms with van der Waals surface area (Å²) in [5.41, 5.74) is 1.32. The number of hydrogen-bond acceptors (Lipinski definition) is 3. The molecule has 1 aromatic heterocycles. The quantitative estimate of drug-likeness (QED) is 0.670. The molecule has 0 aliphatic rings. The van der Waals surface area contributed by atoms with Crippen molar-refractivity contribution < 1.29 is 4.42 Å². The lowest BCUT2D eigenvalue weighted by molar-refractivity contribution is 0.277. The van der Waals surface area contributed by atoms with Crippen LogP contribution in [0.25, 0.3) is 0 Å². The maximum absolute atomic E-state index is 5.55. The minimum atomic E-state index is 0.847. The van der Waals surface area contributed by atoms with E-state index in [1.165, 1.54) is 12.0 Å². The highest BCUT2D eigenvalue weighted by molar-refractivity contribution is 5.16. The van der Waals surface area contributed by atoms with Crippen LogP contribution in [0.15, 0.2) is 16.7 Å². The number of nitrogens with one attached hydrogen (secondary N) is 1. The summed E-state index contributed by atoms with van der Waals surface area (Å²) in [6.45, 7) is 11.8. The first kappa shape index (κ1) is 14.3. The van der Waals surface area contributed by atoms with Crippen molar-refractivity contribution in [1.29, 1.82) is 0 Å². The Hall–Kier alpha value is -0.800. The third-order valence-corrected chi connectivity index (χ3v) is 2.93. The van der Waals surface area contributed by atoms with Gasteiger partial charge in [-0.1, -0.05) is 20.8 Å². The zero-order valence-corrected chi connectivity index (χ0v) is 11.5. The molecule has 1 rings (SSSR count). The van der Waals surface area contributed by atoms with Gasteiger partial charge in [-0.3, -0.25) is 4.90 Å². The Labute approximate surface area is 105 Å². The van der Waals surface area contributed by atoms with Crippen molar-refractivity contribution in [3.8, 4) is 0 Å². The molecule has 1 N–H and O–H groups in total. The van der Waals surface area contributed by atoms with Crippen molar-refractivity contribution in [3.63, 3.8) is 0 Å². The van der Waals surface area contributed by atoms with Crippen molar-refractivity contribution in [2.75, 3.05) is 19.6 Å². The van der Waals surface area contributed by atoms with Crippen LogP contribution in [0.3, 0.4) is 0 Å². The normalized spacial score (nSPS) is 11.3. The Morgan fingerprint density at radius 3 is 2.71 bits per heavy atom. The van der Waals surface area contributed by atoms with E-state index in [-0.39, 0.29) is 0 Å². The van der Waals surface area contributed by atoms with Crippen molar-refractivity contribution in [2.24, 2.45) is 0 Å². The molecule has 1 heterocycles. The molecule has 0 saturated carbocycles. The van der Waals surface area contributed by atoms with Gasteiger partial charge in [0.2, 0.25) is 0 Å². The molecule has 0 radical (unpaired) electrons. The second kappa shape index (κ2) is 8.31. The molecule has 0 saturated heterocycles. The Bertz CT molecular complexity index is 296. The molecule has 3 nitrogen and oxygen atoms in total. The maximum atomic E-state index is 5.55. The summed E-state index contributed by atoms with van der Waals surface area (Å²) >= 11 is 0. The van der Waals surface area contributed by atoms with Gasteiger partial charge in [-0.15, -0.1) is 0 Å². The first-order valence-electron chi connectivity index (χ1n) is 6.80. The van der Waals surface area contributed by atoms with Crippen LogP contribution in [0, 0.1) is 0 Å². The Morgan fingerprint density at radius 1 is 1.24 bits per heavy atom. The summed E-state index contributed by atoms with van der Waals surface area (Å²) in [4.78, 5) is 2.45. The minimum absolute atomic E-state index is 0.847. The minimum Gasteiger partial charge on any atom is -0.468 e. The second-order valence-electron chi connectivity index (χ2n) is 4.41. The van der Waals surface area contributed by atoms with Crippen LogP contribution in [0.5, 0.6) is 0 Å². The third kappa shape index (κ3) is 4.92. The van der Waals surface area contributed by atoms with E-state index in [0.29, 0.717) is 0 Å². The van der Waals surface area contributed by atoms with Gasteiger partial charge in [0.1, 0.15) is 5.76 Å². The summed E-state index contributed by atoms with van der Waals surface area (Å²) in [5.74, 6) is 1.09. The van der Waals surface area contributed by atoms with Crippen molar-refractivity contribution in [2.45, 2.75) is 46.7 Å². The summed E-state index contributed by atoms with van der Waals surface area (Å²) < 4.78 is 5.55. The SMILES string of the molecule is CCCNCc1occc1CN(CC)CCC. The van der Waals surface area contributed by atoms with Gasteiger partial charge >= 0.3 is 0 Å². The fourth-order valence-electron chi connectivity index (χ4n) is 1.95. The molecule has 3 heteroatoms. The summed E-state index contributed by atoms with van der Waals surface area (Å²) in [6.07, 6.45) is 4.17. The van der Waals surface area contributed by atoms with Crippen LogP contribution in [0.2, 0.25) is 0 Å². The van der Waals surface area contributed by atoms with Gasteiger partial charge < -0.3 is 9.73 Å². The van der Waals surface area contributed by atoms with Gasteiger partial charge in [0.25, 0.3) is 0 Å². The molecule has 1 aromatic rings. The van der Waals surface area contributed by atoms with Gasteiger partial charge in [-0.2, -0.15) is 0 Å². The van der Waals surface area contributed by atoms with Gasteiger partial charge in [0, 0.05) is 12.1 Å². The van der Waals surface area contributed by atoms with Crippen LogP contribution >= 0.6 is 0 Å². The first-order valence-corrected chi connectivity index (χ1v) is 6.80. The van der Waals surface area contributed by atoms with E-state index in [0.717, 1.165) is 44.9 Å². The molecule has 0 unspecified atom stereocenters. The molecule has 98 valence electrons. The van der Waals surface area contributed by atoms with Gasteiger partial charge in [0.15, 0.2) is 0 Å². The molecular formula is C14H26N2O. The summed E-state index contributed by atoms with van der Waals surface area (Å²) in [5, 5.41) is 3.39. The van der Waals surface area contributed by atoms with E-state index in [2.05, 4.69) is 37.1 Å².